The van der Waals surface area contributed by atoms with Crippen molar-refractivity contribution in [3.63, 3.8) is 0 Å². The molecular formula is C15H18N2O3. The maximum Gasteiger partial charge on any atom is 0.303 e. The van der Waals surface area contributed by atoms with Gasteiger partial charge in [0.25, 0.3) is 5.91 Å². The summed E-state index contributed by atoms with van der Waals surface area (Å²) in [6, 6.07) is 5.73. The number of aromatic nitrogens is 1. The van der Waals surface area contributed by atoms with Gasteiger partial charge in [-0.1, -0.05) is 6.07 Å². The Morgan fingerprint density at radius 2 is 1.95 bits per heavy atom. The molecule has 20 heavy (non-hydrogen) atoms. The molecule has 1 N–H and O–H groups in total. The van der Waals surface area contributed by atoms with Crippen LogP contribution in [0.1, 0.15) is 42.6 Å². The molecule has 2 bridgehead atoms. The number of carboxylic acid groups (broad SMARTS) is 1. The number of aliphatic carboxylic acids is 1. The molecule has 0 radical (unpaired) electrons. The van der Waals surface area contributed by atoms with Crippen molar-refractivity contribution in [2.75, 3.05) is 0 Å². The maximum atomic E-state index is 12.5. The Hall–Kier alpha value is -1.91. The molecule has 0 aromatic carbocycles. The van der Waals surface area contributed by atoms with Crippen LogP contribution in [0.5, 0.6) is 0 Å². The van der Waals surface area contributed by atoms with Crippen molar-refractivity contribution in [3.05, 3.63) is 30.1 Å². The minimum atomic E-state index is -0.737. The fraction of sp³-hybridized carbons (Fsp3) is 0.533. The summed E-state index contributed by atoms with van der Waals surface area (Å²) in [7, 11) is 0. The van der Waals surface area contributed by atoms with Crippen molar-refractivity contribution >= 4 is 11.9 Å². The van der Waals surface area contributed by atoms with Crippen LogP contribution in [0.2, 0.25) is 0 Å². The number of piperidine rings is 1. The predicted molar refractivity (Wildman–Crippen MR) is 72.2 cm³/mol. The van der Waals surface area contributed by atoms with Crippen molar-refractivity contribution in [1.29, 1.82) is 0 Å². The number of fused-ring (bicyclic) bond motifs is 2. The van der Waals surface area contributed by atoms with Gasteiger partial charge in [0.2, 0.25) is 0 Å². The Labute approximate surface area is 117 Å². The number of rotatable bonds is 3. The first-order valence-corrected chi connectivity index (χ1v) is 7.10. The van der Waals surface area contributed by atoms with E-state index in [0.717, 1.165) is 25.7 Å². The first kappa shape index (κ1) is 13.1. The average Bonchev–Trinajstić information content (AvgIpc) is 2.70. The molecule has 0 spiro atoms. The SMILES string of the molecule is O=C(O)CC1CC2CCC(C1)N2C(=O)c1ccccn1. The lowest BCUT2D eigenvalue weighted by molar-refractivity contribution is -0.138. The molecule has 2 fully saturated rings. The Morgan fingerprint density at radius 1 is 1.25 bits per heavy atom. The second-order valence-corrected chi connectivity index (χ2v) is 5.75. The summed E-state index contributed by atoms with van der Waals surface area (Å²) < 4.78 is 0. The standard InChI is InChI=1S/C15H18N2O3/c18-14(19)9-10-7-11-4-5-12(8-10)17(11)15(20)13-3-1-2-6-16-13/h1-3,6,10-12H,4-5,7-9H2,(H,18,19). The van der Waals surface area contributed by atoms with Gasteiger partial charge in [0.05, 0.1) is 0 Å². The number of carbonyl (C=O) groups is 2. The van der Waals surface area contributed by atoms with Crippen LogP contribution in [0.15, 0.2) is 24.4 Å². The maximum absolute atomic E-state index is 12.5. The van der Waals surface area contributed by atoms with E-state index >= 15 is 0 Å². The second kappa shape index (κ2) is 5.23. The van der Waals surface area contributed by atoms with Gasteiger partial charge >= 0.3 is 5.97 Å². The van der Waals surface area contributed by atoms with Crippen molar-refractivity contribution < 1.29 is 14.7 Å². The smallest absolute Gasteiger partial charge is 0.303 e. The lowest BCUT2D eigenvalue weighted by Crippen LogP contribution is -2.47. The van der Waals surface area contributed by atoms with Gasteiger partial charge in [0.1, 0.15) is 5.69 Å². The van der Waals surface area contributed by atoms with Gasteiger partial charge in [0, 0.05) is 24.7 Å². The Bertz CT molecular complexity index is 503. The summed E-state index contributed by atoms with van der Waals surface area (Å²) in [4.78, 5) is 29.5. The van der Waals surface area contributed by atoms with Crippen LogP contribution >= 0.6 is 0 Å². The third-order valence-corrected chi connectivity index (χ3v) is 4.41. The Morgan fingerprint density at radius 3 is 2.50 bits per heavy atom. The first-order valence-electron chi connectivity index (χ1n) is 7.10. The van der Waals surface area contributed by atoms with E-state index in [0.29, 0.717) is 5.69 Å². The number of hydrogen-bond acceptors (Lipinski definition) is 3. The highest BCUT2D eigenvalue weighted by Gasteiger charge is 2.43. The van der Waals surface area contributed by atoms with Crippen LogP contribution in [-0.2, 0) is 4.79 Å². The lowest BCUT2D eigenvalue weighted by atomic mass is 9.88. The highest BCUT2D eigenvalue weighted by Crippen LogP contribution is 2.40. The van der Waals surface area contributed by atoms with E-state index in [2.05, 4.69) is 4.98 Å². The molecule has 2 unspecified atom stereocenters. The van der Waals surface area contributed by atoms with Gasteiger partial charge in [0.15, 0.2) is 0 Å². The summed E-state index contributed by atoms with van der Waals surface area (Å²) in [5.41, 5.74) is 0.487. The molecule has 1 aromatic rings. The fourth-order valence-electron chi connectivity index (χ4n) is 3.66. The molecule has 5 heteroatoms. The molecule has 1 amide bonds. The zero-order valence-electron chi connectivity index (χ0n) is 11.2. The van der Waals surface area contributed by atoms with Gasteiger partial charge in [-0.25, -0.2) is 0 Å². The quantitative estimate of drug-likeness (QED) is 0.914. The molecule has 3 rings (SSSR count). The summed E-state index contributed by atoms with van der Waals surface area (Å²) >= 11 is 0. The average molecular weight is 274 g/mol. The predicted octanol–water partition coefficient (Wildman–Crippen LogP) is 1.94. The van der Waals surface area contributed by atoms with Crippen LogP contribution in [-0.4, -0.2) is 39.0 Å². The van der Waals surface area contributed by atoms with E-state index < -0.39 is 5.97 Å². The largest absolute Gasteiger partial charge is 0.481 e. The third-order valence-electron chi connectivity index (χ3n) is 4.41. The highest BCUT2D eigenvalue weighted by atomic mass is 16.4. The van der Waals surface area contributed by atoms with Crippen LogP contribution in [0.3, 0.4) is 0 Å². The van der Waals surface area contributed by atoms with Gasteiger partial charge in [-0.05, 0) is 43.7 Å². The normalized spacial score (nSPS) is 28.4. The van der Waals surface area contributed by atoms with Crippen molar-refractivity contribution in [2.45, 2.75) is 44.2 Å². The zero-order chi connectivity index (χ0) is 14.1. The minimum absolute atomic E-state index is 0.00752. The van der Waals surface area contributed by atoms with E-state index in [1.807, 2.05) is 11.0 Å². The first-order chi connectivity index (χ1) is 9.65. The molecule has 2 atom stereocenters. The summed E-state index contributed by atoms with van der Waals surface area (Å²) in [5, 5.41) is 8.92. The second-order valence-electron chi connectivity index (χ2n) is 5.75. The van der Waals surface area contributed by atoms with Gasteiger partial charge in [-0.15, -0.1) is 0 Å². The summed E-state index contributed by atoms with van der Waals surface area (Å²) in [5.74, 6) is -0.538. The topological polar surface area (TPSA) is 70.5 Å². The van der Waals surface area contributed by atoms with Gasteiger partial charge in [-0.2, -0.15) is 0 Å². The molecule has 0 aliphatic carbocycles. The van der Waals surface area contributed by atoms with E-state index in [-0.39, 0.29) is 30.3 Å². The minimum Gasteiger partial charge on any atom is -0.481 e. The van der Waals surface area contributed by atoms with E-state index in [1.54, 1.807) is 18.3 Å². The molecular weight excluding hydrogens is 256 g/mol. The zero-order valence-corrected chi connectivity index (χ0v) is 11.2. The fourth-order valence-corrected chi connectivity index (χ4v) is 3.66. The van der Waals surface area contributed by atoms with Gasteiger partial charge in [-0.3, -0.25) is 14.6 Å². The molecule has 3 heterocycles. The third kappa shape index (κ3) is 2.40. The van der Waals surface area contributed by atoms with Crippen LogP contribution in [0.25, 0.3) is 0 Å². The molecule has 2 aliphatic rings. The molecule has 0 saturated carbocycles. The van der Waals surface area contributed by atoms with Crippen molar-refractivity contribution in [1.82, 2.24) is 9.88 Å². The highest BCUT2D eigenvalue weighted by molar-refractivity contribution is 5.93. The Balaban J connectivity index is 1.74. The number of pyridine rings is 1. The number of carboxylic acids is 1. The summed E-state index contributed by atoms with van der Waals surface area (Å²) in [6.45, 7) is 0. The molecule has 106 valence electrons. The number of carbonyl (C=O) groups excluding carboxylic acids is 1. The number of amides is 1. The molecule has 1 aromatic heterocycles. The molecule has 5 nitrogen and oxygen atoms in total. The van der Waals surface area contributed by atoms with Gasteiger partial charge < -0.3 is 10.0 Å². The lowest BCUT2D eigenvalue weighted by Gasteiger charge is -2.38. The molecule has 2 saturated heterocycles. The van der Waals surface area contributed by atoms with Crippen LogP contribution in [0, 0.1) is 5.92 Å². The van der Waals surface area contributed by atoms with E-state index in [1.165, 1.54) is 0 Å². The summed E-state index contributed by atoms with van der Waals surface area (Å²) in [6.07, 6.45) is 5.44. The van der Waals surface area contributed by atoms with Crippen molar-refractivity contribution in [2.24, 2.45) is 5.92 Å². The number of nitrogens with zero attached hydrogens (tertiary/aromatic N) is 2. The van der Waals surface area contributed by atoms with Crippen LogP contribution in [0.4, 0.5) is 0 Å². The molecule has 2 aliphatic heterocycles. The number of hydrogen-bond donors (Lipinski definition) is 1. The van der Waals surface area contributed by atoms with E-state index in [9.17, 15) is 9.59 Å². The van der Waals surface area contributed by atoms with E-state index in [4.69, 9.17) is 5.11 Å². The Kier molecular flexibility index (Phi) is 3.42. The monoisotopic (exact) mass is 274 g/mol. The van der Waals surface area contributed by atoms with Crippen LogP contribution < -0.4 is 0 Å². The van der Waals surface area contributed by atoms with Crippen molar-refractivity contribution in [3.8, 4) is 0 Å².